The molecule has 2 aliphatic rings. The minimum absolute atomic E-state index is 0. The highest BCUT2D eigenvalue weighted by Crippen LogP contribution is 2.36. The van der Waals surface area contributed by atoms with E-state index in [9.17, 15) is 9.59 Å². The number of rotatable bonds is 4. The fourth-order valence-electron chi connectivity index (χ4n) is 3.81. The topological polar surface area (TPSA) is 80.8 Å². The fourth-order valence-corrected chi connectivity index (χ4v) is 3.81. The molecule has 1 aromatic heterocycles. The number of anilines is 1. The molecule has 0 unspecified atom stereocenters. The maximum absolute atomic E-state index is 13.1. The van der Waals surface area contributed by atoms with Crippen LogP contribution in [0.3, 0.4) is 0 Å². The molecule has 5 rings (SSSR count). The third kappa shape index (κ3) is 4.43. The Hall–Kier alpha value is -4.13. The van der Waals surface area contributed by atoms with Gasteiger partial charge in [-0.25, -0.2) is 0 Å². The van der Waals surface area contributed by atoms with Crippen molar-refractivity contribution in [1.29, 1.82) is 0 Å². The molecule has 0 saturated carbocycles. The Kier molecular flexibility index (Phi) is 6.13. The van der Waals surface area contributed by atoms with Crippen LogP contribution in [0.5, 0.6) is 17.2 Å². The van der Waals surface area contributed by atoms with Crippen LogP contribution in [0.15, 0.2) is 66.9 Å². The molecule has 1 aliphatic heterocycles. The Morgan fingerprint density at radius 2 is 1.97 bits per heavy atom. The fraction of sp³-hybridized carbons (Fsp3) is 0.192. The number of likely N-dealkylation sites (N-methyl/N-ethyl adjacent to an activating group) is 1. The third-order valence-electron chi connectivity index (χ3n) is 5.50. The lowest BCUT2D eigenvalue weighted by atomic mass is 10.1. The summed E-state index contributed by atoms with van der Waals surface area (Å²) in [5, 5.41) is 2.75. The Morgan fingerprint density at radius 3 is 2.79 bits per heavy atom. The van der Waals surface area contributed by atoms with Gasteiger partial charge in [-0.1, -0.05) is 37.8 Å². The minimum Gasteiger partial charge on any atom is -0.489 e. The summed E-state index contributed by atoms with van der Waals surface area (Å²) in [6, 6.07) is 15.5. The molecule has 168 valence electrons. The van der Waals surface area contributed by atoms with Gasteiger partial charge in [-0.3, -0.25) is 14.6 Å². The van der Waals surface area contributed by atoms with Crippen LogP contribution in [0.4, 0.5) is 5.69 Å². The Balaban J connectivity index is 0.00000259. The highest BCUT2D eigenvalue weighted by molar-refractivity contribution is 6.03. The van der Waals surface area contributed by atoms with Crippen molar-refractivity contribution in [3.8, 4) is 17.2 Å². The predicted octanol–water partition coefficient (Wildman–Crippen LogP) is 4.23. The van der Waals surface area contributed by atoms with Crippen LogP contribution in [-0.4, -0.2) is 36.5 Å². The number of aromatic nitrogens is 1. The zero-order valence-electron chi connectivity index (χ0n) is 17.4. The van der Waals surface area contributed by atoms with Gasteiger partial charge in [0.05, 0.1) is 5.69 Å². The van der Waals surface area contributed by atoms with Gasteiger partial charge < -0.3 is 19.7 Å². The normalized spacial score (nSPS) is 16.1. The molecule has 3 aromatic rings. The second-order valence-electron chi connectivity index (χ2n) is 7.65. The van der Waals surface area contributed by atoms with Crippen molar-refractivity contribution < 1.29 is 19.1 Å². The lowest BCUT2D eigenvalue weighted by molar-refractivity contribution is -0.120. The van der Waals surface area contributed by atoms with Gasteiger partial charge in [-0.15, -0.1) is 0 Å². The van der Waals surface area contributed by atoms with E-state index in [1.165, 1.54) is 11.1 Å². The average molecular weight is 444 g/mol. The highest BCUT2D eigenvalue weighted by atomic mass is 16.5. The van der Waals surface area contributed by atoms with Crippen molar-refractivity contribution in [2.24, 2.45) is 0 Å². The Morgan fingerprint density at radius 1 is 1.15 bits per heavy atom. The molecule has 33 heavy (non-hydrogen) atoms. The Bertz CT molecular complexity index is 1220. The Labute approximate surface area is 192 Å². The van der Waals surface area contributed by atoms with E-state index < -0.39 is 11.9 Å². The monoisotopic (exact) mass is 443 g/mol. The quantitative estimate of drug-likeness (QED) is 0.653. The van der Waals surface area contributed by atoms with E-state index in [-0.39, 0.29) is 25.6 Å². The van der Waals surface area contributed by atoms with Crippen molar-refractivity contribution in [3.63, 3.8) is 0 Å². The molecule has 0 bridgehead atoms. The second-order valence-corrected chi connectivity index (χ2v) is 7.65. The standard InChI is InChI=1S/C25H21N3O4.CH4/c1-28-22-12-16-6-5-7-17(16)13-23(22)31-15-21(25(28)30)27-24(29)20-14-19(10-11-26-20)32-18-8-3-2-4-9-18;/h2-6,8-14,21H,7,15H2,1H3,(H,27,29);1H4/t21-;/m0./s1. The summed E-state index contributed by atoms with van der Waals surface area (Å²) < 4.78 is 11.7. The molecule has 7 heteroatoms. The number of amides is 2. The number of para-hydroxylation sites is 1. The van der Waals surface area contributed by atoms with Gasteiger partial charge in [-0.05, 0) is 47.9 Å². The van der Waals surface area contributed by atoms with E-state index in [1.807, 2.05) is 48.5 Å². The van der Waals surface area contributed by atoms with Crippen molar-refractivity contribution in [3.05, 3.63) is 83.7 Å². The van der Waals surface area contributed by atoms with Gasteiger partial charge >= 0.3 is 0 Å². The smallest absolute Gasteiger partial charge is 0.270 e. The van der Waals surface area contributed by atoms with Crippen LogP contribution >= 0.6 is 0 Å². The number of fused-ring (bicyclic) bond motifs is 2. The first-order valence-corrected chi connectivity index (χ1v) is 10.3. The average Bonchev–Trinajstić information content (AvgIpc) is 3.24. The zero-order valence-corrected chi connectivity index (χ0v) is 17.4. The lowest BCUT2D eigenvalue weighted by Crippen LogP contribution is -2.49. The summed E-state index contributed by atoms with van der Waals surface area (Å²) in [6.07, 6.45) is 6.46. The van der Waals surface area contributed by atoms with Crippen molar-refractivity contribution in [2.75, 3.05) is 18.6 Å². The summed E-state index contributed by atoms with van der Waals surface area (Å²) in [5.74, 6) is 1.04. The summed E-state index contributed by atoms with van der Waals surface area (Å²) in [5.41, 5.74) is 3.08. The van der Waals surface area contributed by atoms with Crippen LogP contribution < -0.4 is 19.7 Å². The summed E-state index contributed by atoms with van der Waals surface area (Å²) in [6.45, 7) is 0.0360. The van der Waals surface area contributed by atoms with E-state index in [4.69, 9.17) is 9.47 Å². The second kappa shape index (κ2) is 9.16. The molecular weight excluding hydrogens is 418 g/mol. The van der Waals surface area contributed by atoms with E-state index in [0.29, 0.717) is 22.9 Å². The number of carbonyl (C=O) groups excluding carboxylic acids is 2. The molecular formula is C26H25N3O4. The summed E-state index contributed by atoms with van der Waals surface area (Å²) in [7, 11) is 1.69. The van der Waals surface area contributed by atoms with Gasteiger partial charge in [-0.2, -0.15) is 0 Å². The molecule has 0 spiro atoms. The molecule has 2 aromatic carbocycles. The first-order valence-electron chi connectivity index (χ1n) is 10.3. The molecule has 2 heterocycles. The molecule has 2 amide bonds. The first-order chi connectivity index (χ1) is 15.6. The predicted molar refractivity (Wildman–Crippen MR) is 127 cm³/mol. The molecule has 0 saturated heterocycles. The summed E-state index contributed by atoms with van der Waals surface area (Å²) in [4.78, 5) is 31.6. The van der Waals surface area contributed by atoms with Gasteiger partial charge in [0.25, 0.3) is 11.8 Å². The molecule has 0 fully saturated rings. The molecule has 1 atom stereocenters. The minimum atomic E-state index is -0.842. The van der Waals surface area contributed by atoms with Crippen molar-refractivity contribution in [2.45, 2.75) is 19.9 Å². The van der Waals surface area contributed by atoms with Crippen LogP contribution in [0.25, 0.3) is 6.08 Å². The van der Waals surface area contributed by atoms with Crippen LogP contribution in [0.1, 0.15) is 29.0 Å². The van der Waals surface area contributed by atoms with Gasteiger partial charge in [0.2, 0.25) is 0 Å². The number of allylic oxidation sites excluding steroid dienone is 1. The third-order valence-corrected chi connectivity index (χ3v) is 5.50. The van der Waals surface area contributed by atoms with Crippen molar-refractivity contribution >= 4 is 23.6 Å². The maximum Gasteiger partial charge on any atom is 0.270 e. The largest absolute Gasteiger partial charge is 0.489 e. The molecule has 0 radical (unpaired) electrons. The van der Waals surface area contributed by atoms with E-state index >= 15 is 0 Å². The summed E-state index contributed by atoms with van der Waals surface area (Å²) >= 11 is 0. The molecule has 1 aliphatic carbocycles. The van der Waals surface area contributed by atoms with E-state index in [1.54, 1.807) is 19.2 Å². The lowest BCUT2D eigenvalue weighted by Gasteiger charge is -2.20. The SMILES string of the molecule is C.CN1C(=O)[C@@H](NC(=O)c2cc(Oc3ccccc3)ccn2)COc2cc3c(cc21)C=CC3. The number of carbonyl (C=O) groups is 2. The number of hydrogen-bond acceptors (Lipinski definition) is 5. The van der Waals surface area contributed by atoms with Crippen LogP contribution in [-0.2, 0) is 11.2 Å². The number of pyridine rings is 1. The van der Waals surface area contributed by atoms with E-state index in [0.717, 1.165) is 17.5 Å². The van der Waals surface area contributed by atoms with Gasteiger partial charge in [0.15, 0.2) is 0 Å². The maximum atomic E-state index is 13.1. The molecule has 1 N–H and O–H groups in total. The van der Waals surface area contributed by atoms with Crippen LogP contribution in [0, 0.1) is 0 Å². The number of nitrogens with one attached hydrogen (secondary N) is 1. The number of benzene rings is 2. The van der Waals surface area contributed by atoms with Crippen LogP contribution in [0.2, 0.25) is 0 Å². The number of hydrogen-bond donors (Lipinski definition) is 1. The van der Waals surface area contributed by atoms with Crippen molar-refractivity contribution in [1.82, 2.24) is 10.3 Å². The number of ether oxygens (including phenoxy) is 2. The first kappa shape index (κ1) is 22.1. The number of nitrogens with zero attached hydrogens (tertiary/aromatic N) is 2. The highest BCUT2D eigenvalue weighted by Gasteiger charge is 2.32. The van der Waals surface area contributed by atoms with Gasteiger partial charge in [0.1, 0.15) is 35.6 Å². The molecule has 7 nitrogen and oxygen atoms in total. The van der Waals surface area contributed by atoms with Gasteiger partial charge in [0, 0.05) is 19.3 Å². The van der Waals surface area contributed by atoms with E-state index in [2.05, 4.69) is 16.4 Å². The zero-order chi connectivity index (χ0) is 22.1.